The molecule has 0 aliphatic carbocycles. The van der Waals surface area contributed by atoms with Crippen molar-refractivity contribution in [3.63, 3.8) is 0 Å². The first kappa shape index (κ1) is 14.0. The normalized spacial score (nSPS) is 35.9. The minimum absolute atomic E-state index is 0.0976. The molecule has 0 saturated carbocycles. The lowest BCUT2D eigenvalue weighted by molar-refractivity contribution is 0.777. The Labute approximate surface area is 120 Å². The first-order valence-electron chi connectivity index (χ1n) is 7.82. The van der Waals surface area contributed by atoms with E-state index in [0.29, 0.717) is 0 Å². The van der Waals surface area contributed by atoms with Gasteiger partial charge in [0.15, 0.2) is 0 Å². The number of hydrogen-bond donors (Lipinski definition) is 0. The Kier molecular flexibility index (Phi) is 4.31. The monoisotopic (exact) mass is 292 g/mol. The Hall–Kier alpha value is 0.0800. The molecule has 1 aromatic carbocycles. The van der Waals surface area contributed by atoms with Gasteiger partial charge in [0.25, 0.3) is 0 Å². The van der Waals surface area contributed by atoms with Gasteiger partial charge < -0.3 is 0 Å². The SMILES string of the molecule is C[C@@H]1CCCP1c1ccccc1P1[C@@H](C)CC[C@@H]1C. The number of rotatable bonds is 2. The van der Waals surface area contributed by atoms with Gasteiger partial charge in [-0.3, -0.25) is 0 Å². The van der Waals surface area contributed by atoms with Gasteiger partial charge in [0.2, 0.25) is 0 Å². The molecule has 0 spiro atoms. The van der Waals surface area contributed by atoms with E-state index >= 15 is 0 Å². The Morgan fingerprint density at radius 3 is 2.05 bits per heavy atom. The van der Waals surface area contributed by atoms with Crippen LogP contribution >= 0.6 is 15.8 Å². The van der Waals surface area contributed by atoms with E-state index in [1.807, 2.05) is 0 Å². The molecule has 2 heterocycles. The van der Waals surface area contributed by atoms with Crippen LogP contribution in [-0.4, -0.2) is 23.1 Å². The van der Waals surface area contributed by atoms with Crippen molar-refractivity contribution in [1.29, 1.82) is 0 Å². The summed E-state index contributed by atoms with van der Waals surface area (Å²) in [6, 6.07) is 9.53. The van der Waals surface area contributed by atoms with E-state index in [-0.39, 0.29) is 15.8 Å². The molecule has 104 valence electrons. The van der Waals surface area contributed by atoms with Crippen LogP contribution < -0.4 is 10.6 Å². The van der Waals surface area contributed by atoms with Crippen molar-refractivity contribution in [3.8, 4) is 0 Å². The Morgan fingerprint density at radius 1 is 0.842 bits per heavy atom. The maximum absolute atomic E-state index is 2.50. The van der Waals surface area contributed by atoms with Crippen molar-refractivity contribution in [2.45, 2.75) is 63.4 Å². The molecule has 2 aliphatic heterocycles. The quantitative estimate of drug-likeness (QED) is 0.696. The highest BCUT2D eigenvalue weighted by molar-refractivity contribution is 7.73. The second kappa shape index (κ2) is 5.83. The average molecular weight is 292 g/mol. The van der Waals surface area contributed by atoms with Gasteiger partial charge in [-0.05, 0) is 59.4 Å². The molecule has 0 nitrogen and oxygen atoms in total. The summed E-state index contributed by atoms with van der Waals surface area (Å²) in [6.45, 7) is 7.49. The molecule has 0 radical (unpaired) electrons. The highest BCUT2D eigenvalue weighted by Gasteiger charge is 2.35. The molecule has 2 heteroatoms. The second-order valence-corrected chi connectivity index (χ2v) is 12.2. The van der Waals surface area contributed by atoms with Crippen LogP contribution in [0.25, 0.3) is 0 Å². The molecule has 19 heavy (non-hydrogen) atoms. The van der Waals surface area contributed by atoms with Gasteiger partial charge in [-0.2, -0.15) is 0 Å². The van der Waals surface area contributed by atoms with Crippen LogP contribution in [0, 0.1) is 0 Å². The molecule has 0 amide bonds. The van der Waals surface area contributed by atoms with Gasteiger partial charge in [0.05, 0.1) is 0 Å². The van der Waals surface area contributed by atoms with Crippen LogP contribution in [0.2, 0.25) is 0 Å². The lowest BCUT2D eigenvalue weighted by atomic mass is 10.2. The summed E-state index contributed by atoms with van der Waals surface area (Å²) in [5.74, 6) is 0. The van der Waals surface area contributed by atoms with Crippen molar-refractivity contribution in [2.24, 2.45) is 0 Å². The molecule has 2 aliphatic rings. The lowest BCUT2D eigenvalue weighted by Crippen LogP contribution is -2.27. The third kappa shape index (κ3) is 2.64. The highest BCUT2D eigenvalue weighted by atomic mass is 31.1. The molecule has 4 atom stereocenters. The largest absolute Gasteiger partial charge is 0.0717 e. The van der Waals surface area contributed by atoms with Crippen LogP contribution in [0.3, 0.4) is 0 Å². The summed E-state index contributed by atoms with van der Waals surface area (Å²) in [5.41, 5.74) is 2.84. The molecular weight excluding hydrogens is 266 g/mol. The zero-order chi connectivity index (χ0) is 13.4. The zero-order valence-electron chi connectivity index (χ0n) is 12.5. The zero-order valence-corrected chi connectivity index (χ0v) is 14.3. The highest BCUT2D eigenvalue weighted by Crippen LogP contribution is 2.56. The standard InChI is InChI=1S/C17H26P2/c1-13-7-6-12-18(13)16-8-4-5-9-17(16)19-14(2)10-11-15(19)3/h4-5,8-9,13-15H,6-7,10-12H2,1-3H3/t13-,14+,15+,18?/m1/s1. The number of benzene rings is 1. The maximum atomic E-state index is 2.50. The van der Waals surface area contributed by atoms with Crippen LogP contribution in [0.15, 0.2) is 24.3 Å². The Bertz CT molecular complexity index is 433. The number of hydrogen-bond acceptors (Lipinski definition) is 0. The molecule has 2 saturated heterocycles. The first-order valence-corrected chi connectivity index (χ1v) is 10.9. The summed E-state index contributed by atoms with van der Waals surface area (Å²) in [4.78, 5) is 0. The van der Waals surface area contributed by atoms with E-state index in [4.69, 9.17) is 0 Å². The van der Waals surface area contributed by atoms with Gasteiger partial charge in [-0.15, -0.1) is 0 Å². The topological polar surface area (TPSA) is 0 Å². The van der Waals surface area contributed by atoms with Crippen molar-refractivity contribution in [3.05, 3.63) is 24.3 Å². The first-order chi connectivity index (χ1) is 9.18. The Balaban J connectivity index is 1.97. The van der Waals surface area contributed by atoms with Gasteiger partial charge in [-0.25, -0.2) is 0 Å². The summed E-state index contributed by atoms with van der Waals surface area (Å²) in [6.07, 6.45) is 7.32. The molecule has 0 N–H and O–H groups in total. The van der Waals surface area contributed by atoms with Crippen LogP contribution in [0.5, 0.6) is 0 Å². The fourth-order valence-electron chi connectivity index (χ4n) is 3.89. The predicted molar refractivity (Wildman–Crippen MR) is 91.3 cm³/mol. The van der Waals surface area contributed by atoms with E-state index in [0.717, 1.165) is 17.0 Å². The van der Waals surface area contributed by atoms with E-state index < -0.39 is 0 Å². The third-order valence-corrected chi connectivity index (χ3v) is 11.6. The summed E-state index contributed by atoms with van der Waals surface area (Å²) in [7, 11) is 0.237. The summed E-state index contributed by atoms with van der Waals surface area (Å²) < 4.78 is 0. The molecule has 3 rings (SSSR count). The van der Waals surface area contributed by atoms with E-state index in [1.165, 1.54) is 31.8 Å². The van der Waals surface area contributed by atoms with Crippen LogP contribution in [-0.2, 0) is 0 Å². The van der Waals surface area contributed by atoms with Gasteiger partial charge in [-0.1, -0.05) is 60.9 Å². The fraction of sp³-hybridized carbons (Fsp3) is 0.647. The van der Waals surface area contributed by atoms with Gasteiger partial charge in [0.1, 0.15) is 0 Å². The van der Waals surface area contributed by atoms with Crippen LogP contribution in [0.4, 0.5) is 0 Å². The third-order valence-electron chi connectivity index (χ3n) is 4.97. The molecule has 1 aromatic rings. The van der Waals surface area contributed by atoms with Crippen LogP contribution in [0.1, 0.15) is 46.5 Å². The van der Waals surface area contributed by atoms with Crippen molar-refractivity contribution in [2.75, 3.05) is 6.16 Å². The van der Waals surface area contributed by atoms with Crippen molar-refractivity contribution in [1.82, 2.24) is 0 Å². The molecule has 1 unspecified atom stereocenters. The molecule has 0 aromatic heterocycles. The maximum Gasteiger partial charge on any atom is -0.0158 e. The second-order valence-electron chi connectivity index (χ2n) is 6.36. The summed E-state index contributed by atoms with van der Waals surface area (Å²) in [5, 5.41) is 3.57. The molecule has 0 bridgehead atoms. The van der Waals surface area contributed by atoms with Gasteiger partial charge in [0, 0.05) is 0 Å². The van der Waals surface area contributed by atoms with E-state index in [9.17, 15) is 0 Å². The van der Waals surface area contributed by atoms with Crippen molar-refractivity contribution < 1.29 is 0 Å². The van der Waals surface area contributed by atoms with Crippen molar-refractivity contribution >= 4 is 26.5 Å². The average Bonchev–Trinajstić information content (AvgIpc) is 2.96. The lowest BCUT2D eigenvalue weighted by Gasteiger charge is -2.28. The van der Waals surface area contributed by atoms with E-state index in [2.05, 4.69) is 45.0 Å². The minimum Gasteiger partial charge on any atom is -0.0717 e. The smallest absolute Gasteiger partial charge is 0.0158 e. The minimum atomic E-state index is 0.0976. The summed E-state index contributed by atoms with van der Waals surface area (Å²) >= 11 is 0. The molecular formula is C17H26P2. The Morgan fingerprint density at radius 2 is 1.47 bits per heavy atom. The fourth-order valence-corrected chi connectivity index (χ4v) is 10.7. The molecule has 2 fully saturated rings. The van der Waals surface area contributed by atoms with E-state index in [1.54, 1.807) is 10.6 Å². The predicted octanol–water partition coefficient (Wildman–Crippen LogP) is 4.65. The van der Waals surface area contributed by atoms with Gasteiger partial charge >= 0.3 is 0 Å².